The molecule has 0 atom stereocenters. The van der Waals surface area contributed by atoms with Crippen molar-refractivity contribution in [2.45, 2.75) is 13.2 Å². The molecule has 0 aliphatic heterocycles. The summed E-state index contributed by atoms with van der Waals surface area (Å²) in [6.45, 7) is 1.18. The van der Waals surface area contributed by atoms with E-state index >= 15 is 0 Å². The second kappa shape index (κ2) is 6.33. The number of para-hydroxylation sites is 1. The maximum absolute atomic E-state index is 5.92. The van der Waals surface area contributed by atoms with E-state index in [0.717, 1.165) is 39.1 Å². The Morgan fingerprint density at radius 2 is 1.86 bits per heavy atom. The molecule has 0 amide bonds. The SMILES string of the molecule is CNCc1c(COc2ccc(Br)cc2)oc2ccccc12. The van der Waals surface area contributed by atoms with Crippen LogP contribution in [-0.2, 0) is 13.2 Å². The molecule has 1 heterocycles. The van der Waals surface area contributed by atoms with E-state index in [-0.39, 0.29) is 0 Å². The fourth-order valence-electron chi connectivity index (χ4n) is 2.32. The zero-order valence-electron chi connectivity index (χ0n) is 11.7. The molecule has 1 N–H and O–H groups in total. The molecular weight excluding hydrogens is 330 g/mol. The van der Waals surface area contributed by atoms with Gasteiger partial charge in [-0.05, 0) is 37.4 Å². The maximum Gasteiger partial charge on any atom is 0.147 e. The molecule has 3 rings (SSSR count). The molecule has 0 radical (unpaired) electrons. The van der Waals surface area contributed by atoms with Gasteiger partial charge in [-0.3, -0.25) is 0 Å². The summed E-state index contributed by atoms with van der Waals surface area (Å²) in [6, 6.07) is 15.9. The number of benzene rings is 2. The van der Waals surface area contributed by atoms with Gasteiger partial charge in [0, 0.05) is 22.0 Å². The maximum atomic E-state index is 5.92. The monoisotopic (exact) mass is 345 g/mol. The Morgan fingerprint density at radius 3 is 2.62 bits per heavy atom. The molecule has 0 saturated heterocycles. The number of fused-ring (bicyclic) bond motifs is 1. The van der Waals surface area contributed by atoms with Crippen molar-refractivity contribution in [3.63, 3.8) is 0 Å². The summed E-state index contributed by atoms with van der Waals surface area (Å²) in [5.74, 6) is 1.70. The molecule has 0 saturated carbocycles. The van der Waals surface area contributed by atoms with Crippen LogP contribution in [-0.4, -0.2) is 7.05 Å². The molecule has 0 fully saturated rings. The van der Waals surface area contributed by atoms with Gasteiger partial charge in [-0.25, -0.2) is 0 Å². The average Bonchev–Trinajstić information content (AvgIpc) is 2.85. The Hall–Kier alpha value is -1.78. The van der Waals surface area contributed by atoms with E-state index in [2.05, 4.69) is 27.3 Å². The van der Waals surface area contributed by atoms with Gasteiger partial charge in [-0.1, -0.05) is 34.1 Å². The highest BCUT2D eigenvalue weighted by Crippen LogP contribution is 2.27. The van der Waals surface area contributed by atoms with Crippen molar-refractivity contribution in [2.24, 2.45) is 0 Å². The number of ether oxygens (including phenoxy) is 1. The summed E-state index contributed by atoms with van der Waals surface area (Å²) in [4.78, 5) is 0. The summed E-state index contributed by atoms with van der Waals surface area (Å²) in [5, 5.41) is 4.33. The summed E-state index contributed by atoms with van der Waals surface area (Å²) in [7, 11) is 1.93. The Bertz CT molecular complexity index is 734. The number of furan rings is 1. The van der Waals surface area contributed by atoms with Crippen molar-refractivity contribution < 1.29 is 9.15 Å². The van der Waals surface area contributed by atoms with Gasteiger partial charge >= 0.3 is 0 Å². The summed E-state index contributed by atoms with van der Waals surface area (Å²) in [5.41, 5.74) is 2.06. The molecular formula is C17H16BrNO2. The molecule has 108 valence electrons. The van der Waals surface area contributed by atoms with Gasteiger partial charge in [0.05, 0.1) is 0 Å². The molecule has 4 heteroatoms. The van der Waals surface area contributed by atoms with Gasteiger partial charge in [0.1, 0.15) is 23.7 Å². The van der Waals surface area contributed by atoms with E-state index in [1.165, 1.54) is 0 Å². The molecule has 2 aromatic carbocycles. The quantitative estimate of drug-likeness (QED) is 0.739. The first-order chi connectivity index (χ1) is 10.3. The minimum absolute atomic E-state index is 0.424. The van der Waals surface area contributed by atoms with Crippen molar-refractivity contribution in [1.82, 2.24) is 5.32 Å². The lowest BCUT2D eigenvalue weighted by molar-refractivity contribution is 0.272. The first-order valence-electron chi connectivity index (χ1n) is 6.80. The van der Waals surface area contributed by atoms with Crippen LogP contribution in [0.4, 0.5) is 0 Å². The summed E-state index contributed by atoms with van der Waals surface area (Å²) < 4.78 is 12.8. The van der Waals surface area contributed by atoms with Gasteiger partial charge in [-0.15, -0.1) is 0 Å². The highest BCUT2D eigenvalue weighted by molar-refractivity contribution is 9.10. The van der Waals surface area contributed by atoms with Crippen LogP contribution in [0, 0.1) is 0 Å². The van der Waals surface area contributed by atoms with Crippen LogP contribution in [0.25, 0.3) is 11.0 Å². The molecule has 3 aromatic rings. The highest BCUT2D eigenvalue weighted by atomic mass is 79.9. The number of nitrogens with one attached hydrogen (secondary N) is 1. The first kappa shape index (κ1) is 14.2. The normalized spacial score (nSPS) is 11.0. The largest absolute Gasteiger partial charge is 0.486 e. The standard InChI is InChI=1S/C17H16BrNO2/c1-19-10-15-14-4-2-3-5-16(14)21-17(15)11-20-13-8-6-12(18)7-9-13/h2-9,19H,10-11H2,1H3. The molecule has 0 aliphatic rings. The Kier molecular flexibility index (Phi) is 4.27. The number of rotatable bonds is 5. The Morgan fingerprint density at radius 1 is 1.10 bits per heavy atom. The number of hydrogen-bond acceptors (Lipinski definition) is 3. The Balaban J connectivity index is 1.85. The van der Waals surface area contributed by atoms with Gasteiger partial charge in [0.15, 0.2) is 0 Å². The molecule has 0 unspecified atom stereocenters. The highest BCUT2D eigenvalue weighted by Gasteiger charge is 2.13. The van der Waals surface area contributed by atoms with Crippen LogP contribution < -0.4 is 10.1 Å². The summed E-state index contributed by atoms with van der Waals surface area (Å²) >= 11 is 3.41. The molecule has 0 bridgehead atoms. The molecule has 0 spiro atoms. The lowest BCUT2D eigenvalue weighted by Crippen LogP contribution is -2.07. The molecule has 0 aliphatic carbocycles. The first-order valence-corrected chi connectivity index (χ1v) is 7.59. The van der Waals surface area contributed by atoms with Crippen molar-refractivity contribution in [3.05, 3.63) is 64.3 Å². The van der Waals surface area contributed by atoms with Crippen LogP contribution in [0.5, 0.6) is 5.75 Å². The number of hydrogen-bond donors (Lipinski definition) is 1. The molecule has 21 heavy (non-hydrogen) atoms. The second-order valence-electron chi connectivity index (χ2n) is 4.77. The van der Waals surface area contributed by atoms with E-state index in [1.807, 2.05) is 49.5 Å². The van der Waals surface area contributed by atoms with Crippen LogP contribution in [0.3, 0.4) is 0 Å². The fourth-order valence-corrected chi connectivity index (χ4v) is 2.58. The smallest absolute Gasteiger partial charge is 0.147 e. The van der Waals surface area contributed by atoms with E-state index in [4.69, 9.17) is 9.15 Å². The fraction of sp³-hybridized carbons (Fsp3) is 0.176. The third-order valence-electron chi connectivity index (χ3n) is 3.32. The average molecular weight is 346 g/mol. The predicted molar refractivity (Wildman–Crippen MR) is 87.5 cm³/mol. The minimum atomic E-state index is 0.424. The van der Waals surface area contributed by atoms with E-state index in [1.54, 1.807) is 0 Å². The van der Waals surface area contributed by atoms with Gasteiger partial charge in [0.25, 0.3) is 0 Å². The van der Waals surface area contributed by atoms with E-state index < -0.39 is 0 Å². The third kappa shape index (κ3) is 3.12. The zero-order valence-corrected chi connectivity index (χ0v) is 13.3. The second-order valence-corrected chi connectivity index (χ2v) is 5.69. The van der Waals surface area contributed by atoms with Gasteiger partial charge < -0.3 is 14.5 Å². The lowest BCUT2D eigenvalue weighted by Gasteiger charge is -2.06. The predicted octanol–water partition coefficient (Wildman–Crippen LogP) is 4.49. The lowest BCUT2D eigenvalue weighted by atomic mass is 10.1. The molecule has 3 nitrogen and oxygen atoms in total. The zero-order chi connectivity index (χ0) is 14.7. The van der Waals surface area contributed by atoms with Crippen LogP contribution in [0.2, 0.25) is 0 Å². The minimum Gasteiger partial charge on any atom is -0.486 e. The third-order valence-corrected chi connectivity index (χ3v) is 3.85. The Labute approximate surface area is 132 Å². The van der Waals surface area contributed by atoms with Crippen molar-refractivity contribution in [1.29, 1.82) is 0 Å². The van der Waals surface area contributed by atoms with Crippen LogP contribution in [0.15, 0.2) is 57.4 Å². The van der Waals surface area contributed by atoms with E-state index in [0.29, 0.717) is 6.61 Å². The van der Waals surface area contributed by atoms with E-state index in [9.17, 15) is 0 Å². The van der Waals surface area contributed by atoms with Gasteiger partial charge in [0.2, 0.25) is 0 Å². The van der Waals surface area contributed by atoms with Crippen LogP contribution in [0.1, 0.15) is 11.3 Å². The van der Waals surface area contributed by atoms with Gasteiger partial charge in [-0.2, -0.15) is 0 Å². The van der Waals surface area contributed by atoms with Crippen molar-refractivity contribution >= 4 is 26.9 Å². The number of halogens is 1. The van der Waals surface area contributed by atoms with Crippen LogP contribution >= 0.6 is 15.9 Å². The van der Waals surface area contributed by atoms with Crippen molar-refractivity contribution in [3.8, 4) is 5.75 Å². The topological polar surface area (TPSA) is 34.4 Å². The molecule has 1 aromatic heterocycles. The van der Waals surface area contributed by atoms with Crippen molar-refractivity contribution in [2.75, 3.05) is 7.05 Å². The summed E-state index contributed by atoms with van der Waals surface area (Å²) in [6.07, 6.45) is 0.